The number of nitrogens with zero attached hydrogens (tertiary/aromatic N) is 2. The summed E-state index contributed by atoms with van der Waals surface area (Å²) in [4.78, 5) is 16.7. The van der Waals surface area contributed by atoms with Gasteiger partial charge < -0.3 is 15.0 Å². The number of hydrogen-bond donors (Lipinski definition) is 1. The molecule has 1 N–H and O–H groups in total. The molecule has 2 unspecified atom stereocenters. The lowest BCUT2D eigenvalue weighted by atomic mass is 9.89. The zero-order valence-electron chi connectivity index (χ0n) is 15.3. The van der Waals surface area contributed by atoms with E-state index in [1.54, 1.807) is 0 Å². The number of fused-ring (bicyclic) bond motifs is 2. The summed E-state index contributed by atoms with van der Waals surface area (Å²) in [5, 5.41) is 3.61. The second kappa shape index (κ2) is 8.89. The zero-order chi connectivity index (χ0) is 18.6. The van der Waals surface area contributed by atoms with E-state index in [9.17, 15) is 18.0 Å². The van der Waals surface area contributed by atoms with Crippen molar-refractivity contribution in [3.8, 4) is 0 Å². The molecule has 3 aliphatic heterocycles. The molecular weight excluding hydrogens is 347 g/mol. The Bertz CT molecular complexity index is 455. The van der Waals surface area contributed by atoms with Gasteiger partial charge in [-0.2, -0.15) is 13.2 Å². The molecule has 0 radical (unpaired) electrons. The van der Waals surface area contributed by atoms with Gasteiger partial charge in [0.15, 0.2) is 0 Å². The Morgan fingerprint density at radius 3 is 2.35 bits per heavy atom. The highest BCUT2D eigenvalue weighted by atomic mass is 19.4. The van der Waals surface area contributed by atoms with E-state index in [0.29, 0.717) is 30.8 Å². The quantitative estimate of drug-likeness (QED) is 0.690. The third-order valence-electron chi connectivity index (χ3n) is 5.79. The Labute approximate surface area is 153 Å². The minimum Gasteiger partial charge on any atom is -0.372 e. The van der Waals surface area contributed by atoms with E-state index < -0.39 is 12.8 Å². The van der Waals surface area contributed by atoms with Gasteiger partial charge in [-0.1, -0.05) is 0 Å². The summed E-state index contributed by atoms with van der Waals surface area (Å²) < 4.78 is 40.6. The van der Waals surface area contributed by atoms with Crippen molar-refractivity contribution in [1.29, 1.82) is 0 Å². The van der Waals surface area contributed by atoms with Crippen molar-refractivity contribution in [2.24, 2.45) is 5.92 Å². The first-order chi connectivity index (χ1) is 12.4. The van der Waals surface area contributed by atoms with Crippen LogP contribution in [0, 0.1) is 5.92 Å². The molecule has 2 atom stereocenters. The molecule has 0 aromatic rings. The van der Waals surface area contributed by atoms with Crippen LogP contribution in [-0.2, 0) is 9.53 Å². The summed E-state index contributed by atoms with van der Waals surface area (Å²) >= 11 is 0. The molecule has 0 aromatic heterocycles. The Kier molecular flexibility index (Phi) is 6.80. The van der Waals surface area contributed by atoms with E-state index in [-0.39, 0.29) is 12.5 Å². The van der Waals surface area contributed by atoms with Gasteiger partial charge in [-0.15, -0.1) is 0 Å². The standard InChI is InChI=1S/C18H30F3N3O2/c19-18(20,21)13-26-9-1-4-23-5-7-24(8-6-23)17(25)12-14-10-15-2-3-16(11-14)22-15/h14-16,22H,1-13H2. The first-order valence-electron chi connectivity index (χ1n) is 9.80. The maximum atomic E-state index is 12.6. The first-order valence-corrected chi connectivity index (χ1v) is 9.80. The topological polar surface area (TPSA) is 44.8 Å². The number of carbonyl (C=O) groups is 1. The third kappa shape index (κ3) is 6.09. The van der Waals surface area contributed by atoms with Crippen molar-refractivity contribution in [3.05, 3.63) is 0 Å². The number of amides is 1. The molecule has 0 aromatic carbocycles. The molecule has 150 valence electrons. The molecule has 0 spiro atoms. The molecule has 5 nitrogen and oxygen atoms in total. The van der Waals surface area contributed by atoms with E-state index in [0.717, 1.165) is 45.6 Å². The number of halogens is 3. The van der Waals surface area contributed by atoms with E-state index in [2.05, 4.69) is 15.0 Å². The fraction of sp³-hybridized carbons (Fsp3) is 0.944. The van der Waals surface area contributed by atoms with Crippen molar-refractivity contribution in [2.75, 3.05) is 45.9 Å². The number of piperazine rings is 1. The third-order valence-corrected chi connectivity index (χ3v) is 5.79. The summed E-state index contributed by atoms with van der Waals surface area (Å²) in [7, 11) is 0. The normalized spacial score (nSPS) is 30.0. The average molecular weight is 377 g/mol. The molecule has 0 aliphatic carbocycles. The lowest BCUT2D eigenvalue weighted by molar-refractivity contribution is -0.174. The van der Waals surface area contributed by atoms with Crippen molar-refractivity contribution < 1.29 is 22.7 Å². The molecule has 3 saturated heterocycles. The van der Waals surface area contributed by atoms with Crippen molar-refractivity contribution in [1.82, 2.24) is 15.1 Å². The summed E-state index contributed by atoms with van der Waals surface area (Å²) in [5.41, 5.74) is 0. The highest BCUT2D eigenvalue weighted by Gasteiger charge is 2.35. The highest BCUT2D eigenvalue weighted by Crippen LogP contribution is 2.33. The average Bonchev–Trinajstić information content (AvgIpc) is 2.92. The molecule has 8 heteroatoms. The van der Waals surface area contributed by atoms with Crippen LogP contribution in [0.25, 0.3) is 0 Å². The highest BCUT2D eigenvalue weighted by molar-refractivity contribution is 5.76. The summed E-state index contributed by atoms with van der Waals surface area (Å²) in [5.74, 6) is 0.787. The van der Waals surface area contributed by atoms with Gasteiger partial charge in [0.1, 0.15) is 6.61 Å². The minimum absolute atomic E-state index is 0.122. The maximum Gasteiger partial charge on any atom is 0.411 e. The van der Waals surface area contributed by atoms with E-state index in [1.165, 1.54) is 12.8 Å². The number of rotatable bonds is 7. The summed E-state index contributed by atoms with van der Waals surface area (Å²) in [6.07, 6.45) is 1.75. The van der Waals surface area contributed by atoms with Crippen LogP contribution in [0.5, 0.6) is 0 Å². The van der Waals surface area contributed by atoms with Crippen LogP contribution in [0.2, 0.25) is 0 Å². The summed E-state index contributed by atoms with van der Waals surface area (Å²) in [6, 6.07) is 1.23. The molecule has 0 saturated carbocycles. The Balaban J connectivity index is 1.28. The Morgan fingerprint density at radius 1 is 1.08 bits per heavy atom. The predicted octanol–water partition coefficient (Wildman–Crippen LogP) is 2.02. The van der Waals surface area contributed by atoms with Crippen LogP contribution in [-0.4, -0.2) is 79.9 Å². The summed E-state index contributed by atoms with van der Waals surface area (Å²) in [6.45, 7) is 2.70. The molecular formula is C18H30F3N3O2. The first kappa shape index (κ1) is 19.9. The van der Waals surface area contributed by atoms with Gasteiger partial charge in [-0.3, -0.25) is 9.69 Å². The Hall–Kier alpha value is -0.860. The van der Waals surface area contributed by atoms with Crippen LogP contribution in [0.3, 0.4) is 0 Å². The lowest BCUT2D eigenvalue weighted by Gasteiger charge is -2.36. The van der Waals surface area contributed by atoms with Gasteiger partial charge in [0.2, 0.25) is 5.91 Å². The Morgan fingerprint density at radius 2 is 1.73 bits per heavy atom. The van der Waals surface area contributed by atoms with Gasteiger partial charge in [-0.05, 0) is 38.0 Å². The molecule has 3 fully saturated rings. The van der Waals surface area contributed by atoms with Gasteiger partial charge in [0.25, 0.3) is 0 Å². The molecule has 3 heterocycles. The maximum absolute atomic E-state index is 12.6. The van der Waals surface area contributed by atoms with Gasteiger partial charge >= 0.3 is 6.18 Å². The molecule has 3 aliphatic rings. The van der Waals surface area contributed by atoms with E-state index in [1.807, 2.05) is 4.90 Å². The fourth-order valence-corrected chi connectivity index (χ4v) is 4.52. The van der Waals surface area contributed by atoms with Crippen molar-refractivity contribution >= 4 is 5.91 Å². The molecule has 26 heavy (non-hydrogen) atoms. The number of carbonyl (C=O) groups excluding carboxylic acids is 1. The number of nitrogens with one attached hydrogen (secondary N) is 1. The van der Waals surface area contributed by atoms with Crippen molar-refractivity contribution in [2.45, 2.75) is 56.8 Å². The van der Waals surface area contributed by atoms with Gasteiger partial charge in [-0.25, -0.2) is 0 Å². The predicted molar refractivity (Wildman–Crippen MR) is 91.8 cm³/mol. The number of hydrogen-bond acceptors (Lipinski definition) is 4. The fourth-order valence-electron chi connectivity index (χ4n) is 4.52. The number of piperidine rings is 1. The van der Waals surface area contributed by atoms with Crippen molar-refractivity contribution in [3.63, 3.8) is 0 Å². The molecule has 2 bridgehead atoms. The lowest BCUT2D eigenvalue weighted by Crippen LogP contribution is -2.49. The van der Waals surface area contributed by atoms with Crippen LogP contribution in [0.1, 0.15) is 38.5 Å². The van der Waals surface area contributed by atoms with Crippen LogP contribution < -0.4 is 5.32 Å². The minimum atomic E-state index is -4.25. The molecule has 1 amide bonds. The van der Waals surface area contributed by atoms with Crippen LogP contribution >= 0.6 is 0 Å². The van der Waals surface area contributed by atoms with E-state index in [4.69, 9.17) is 0 Å². The SMILES string of the molecule is O=C(CC1CC2CCC(C1)N2)N1CCN(CCCOCC(F)(F)F)CC1. The number of alkyl halides is 3. The van der Waals surface area contributed by atoms with E-state index >= 15 is 0 Å². The largest absolute Gasteiger partial charge is 0.411 e. The molecule has 3 rings (SSSR count). The smallest absolute Gasteiger partial charge is 0.372 e. The van der Waals surface area contributed by atoms with Crippen LogP contribution in [0.15, 0.2) is 0 Å². The monoisotopic (exact) mass is 377 g/mol. The second-order valence-electron chi connectivity index (χ2n) is 7.92. The van der Waals surface area contributed by atoms with Crippen LogP contribution in [0.4, 0.5) is 13.2 Å². The zero-order valence-corrected chi connectivity index (χ0v) is 15.3. The van der Waals surface area contributed by atoms with Gasteiger partial charge in [0.05, 0.1) is 0 Å². The second-order valence-corrected chi connectivity index (χ2v) is 7.92. The van der Waals surface area contributed by atoms with Gasteiger partial charge in [0, 0.05) is 57.8 Å². The number of ether oxygens (including phenoxy) is 1.